The number of rotatable bonds is 3. The smallest absolute Gasteiger partial charge is 0.145 e. The monoisotopic (exact) mass is 284 g/mol. The third kappa shape index (κ3) is 3.00. The molecule has 0 aliphatic rings. The summed E-state index contributed by atoms with van der Waals surface area (Å²) in [5.74, 6) is -0.221. The summed E-state index contributed by atoms with van der Waals surface area (Å²) in [6, 6.07) is 2.70. The van der Waals surface area contributed by atoms with Gasteiger partial charge in [-0.2, -0.15) is 0 Å². The molecule has 1 aromatic heterocycles. The van der Waals surface area contributed by atoms with Crippen molar-refractivity contribution in [1.82, 2.24) is 9.97 Å². The molecule has 0 amide bonds. The Morgan fingerprint density at radius 1 is 1.14 bits per heavy atom. The van der Waals surface area contributed by atoms with Gasteiger partial charge in [-0.15, -0.1) is 0 Å². The zero-order valence-electron chi connectivity index (χ0n) is 17.8. The maximum atomic E-state index is 9.41. The topological polar surface area (TPSA) is 72.0 Å². The molecule has 3 rings (SSSR count). The number of hydrogen-bond acceptors (Lipinski definition) is 4. The summed E-state index contributed by atoms with van der Waals surface area (Å²) in [7, 11) is 0. The van der Waals surface area contributed by atoms with Gasteiger partial charge in [0.25, 0.3) is 0 Å². The van der Waals surface area contributed by atoms with Gasteiger partial charge in [-0.3, -0.25) is 0 Å². The Hall–Kier alpha value is -2.88. The number of nitrogens with two attached hydrogens (primary N) is 1. The first-order valence-electron chi connectivity index (χ1n) is 9.55. The molecule has 0 atom stereocenters. The molecule has 3 N–H and O–H groups in total. The predicted octanol–water partition coefficient (Wildman–Crippen LogP) is 3.02. The van der Waals surface area contributed by atoms with Gasteiger partial charge in [0.15, 0.2) is 0 Å². The molecule has 2 aromatic carbocycles. The number of anilines is 1. The second-order valence-electron chi connectivity index (χ2n) is 4.16. The van der Waals surface area contributed by atoms with Crippen molar-refractivity contribution in [1.29, 1.82) is 0 Å². The van der Waals surface area contributed by atoms with E-state index in [1.165, 1.54) is 18.3 Å². The molecule has 0 fully saturated rings. The van der Waals surface area contributed by atoms with Crippen LogP contribution in [-0.2, 0) is 6.37 Å². The van der Waals surface area contributed by atoms with Gasteiger partial charge in [0.05, 0.1) is 24.4 Å². The van der Waals surface area contributed by atoms with E-state index in [1.54, 1.807) is 12.1 Å². The maximum Gasteiger partial charge on any atom is 0.145 e. The Bertz CT molecular complexity index is 1040. The van der Waals surface area contributed by atoms with E-state index >= 15 is 0 Å². The van der Waals surface area contributed by atoms with E-state index < -0.39 is 42.1 Å². The van der Waals surface area contributed by atoms with Crippen molar-refractivity contribution in [2.24, 2.45) is 0 Å². The number of phenolic OH excluding ortho intramolecular Hbond substituents is 1. The molecule has 4 heteroatoms. The number of aromatic hydroxyl groups is 1. The summed E-state index contributed by atoms with van der Waals surface area (Å²) < 4.78 is 56.2. The molecule has 0 saturated carbocycles. The fraction of sp³-hybridized carbons (Fsp3) is 0.0588. The van der Waals surface area contributed by atoms with Crippen molar-refractivity contribution in [2.45, 2.75) is 6.37 Å². The molecule has 0 saturated heterocycles. The summed E-state index contributed by atoms with van der Waals surface area (Å²) in [5.41, 5.74) is 5.66. The fourth-order valence-electron chi connectivity index (χ4n) is 1.69. The molecular formula is C17H15N3O. The van der Waals surface area contributed by atoms with Gasteiger partial charge in [0.1, 0.15) is 11.6 Å². The van der Waals surface area contributed by atoms with Crippen molar-refractivity contribution in [2.75, 3.05) is 5.73 Å². The second kappa shape index (κ2) is 5.63. The van der Waals surface area contributed by atoms with E-state index in [4.69, 9.17) is 15.3 Å². The number of nitrogens with zero attached hydrogens (tertiary/aromatic N) is 2. The van der Waals surface area contributed by atoms with Gasteiger partial charge < -0.3 is 10.8 Å². The summed E-state index contributed by atoms with van der Waals surface area (Å²) in [4.78, 5) is 8.16. The highest BCUT2D eigenvalue weighted by Gasteiger charge is 2.07. The quantitative estimate of drug-likeness (QED) is 0.775. The molecule has 0 aliphatic carbocycles. The Balaban J connectivity index is 2.23. The highest BCUT2D eigenvalue weighted by Crippen LogP contribution is 2.22. The average molecular weight is 284 g/mol. The van der Waals surface area contributed by atoms with Crippen LogP contribution in [0.25, 0.3) is 11.3 Å². The van der Waals surface area contributed by atoms with Crippen LogP contribution in [0, 0.1) is 0 Å². The van der Waals surface area contributed by atoms with Gasteiger partial charge in [0, 0.05) is 14.7 Å². The summed E-state index contributed by atoms with van der Waals surface area (Å²) in [5, 5.41) is 9.41. The van der Waals surface area contributed by atoms with E-state index in [-0.39, 0.29) is 23.0 Å². The Morgan fingerprint density at radius 2 is 1.86 bits per heavy atom. The van der Waals surface area contributed by atoms with E-state index in [0.717, 1.165) is 0 Å². The minimum absolute atomic E-state index is 0.0434. The van der Waals surface area contributed by atoms with Gasteiger partial charge in [0.2, 0.25) is 0 Å². The van der Waals surface area contributed by atoms with Crippen LogP contribution >= 0.6 is 0 Å². The Labute approximate surface area is 132 Å². The normalized spacial score (nSPS) is 15.9. The molecular weight excluding hydrogens is 262 g/mol. The van der Waals surface area contributed by atoms with Gasteiger partial charge in [-0.1, -0.05) is 30.2 Å². The second-order valence-corrected chi connectivity index (χ2v) is 4.16. The molecule has 0 unspecified atom stereocenters. The van der Waals surface area contributed by atoms with E-state index in [0.29, 0.717) is 5.56 Å². The van der Waals surface area contributed by atoms with Crippen LogP contribution in [0.4, 0.5) is 5.82 Å². The molecule has 0 spiro atoms. The van der Waals surface area contributed by atoms with Crippen molar-refractivity contribution in [3.05, 3.63) is 71.9 Å². The van der Waals surface area contributed by atoms with Gasteiger partial charge in [-0.05, 0) is 29.8 Å². The van der Waals surface area contributed by atoms with Crippen molar-refractivity contribution in [3.63, 3.8) is 0 Å². The van der Waals surface area contributed by atoms with E-state index in [1.807, 2.05) is 0 Å². The van der Waals surface area contributed by atoms with Crippen LogP contribution in [0.15, 0.2) is 60.7 Å². The van der Waals surface area contributed by atoms with Crippen LogP contribution in [0.5, 0.6) is 5.75 Å². The zero-order valence-corrected chi connectivity index (χ0v) is 10.8. The van der Waals surface area contributed by atoms with Gasteiger partial charge in [-0.25, -0.2) is 9.97 Å². The molecule has 104 valence electrons. The highest BCUT2D eigenvalue weighted by atomic mass is 16.3. The van der Waals surface area contributed by atoms with Crippen LogP contribution in [-0.4, -0.2) is 15.1 Å². The first kappa shape index (κ1) is 7.22. The predicted molar refractivity (Wildman–Crippen MR) is 82.8 cm³/mol. The average Bonchev–Trinajstić information content (AvgIpc) is 2.65. The highest BCUT2D eigenvalue weighted by molar-refractivity contribution is 5.60. The molecule has 0 radical (unpaired) electrons. The lowest BCUT2D eigenvalue weighted by molar-refractivity contribution is 0.475. The van der Waals surface area contributed by atoms with Crippen LogP contribution in [0.1, 0.15) is 20.9 Å². The molecule has 0 aliphatic heterocycles. The first-order valence-corrected chi connectivity index (χ1v) is 6.05. The van der Waals surface area contributed by atoms with E-state index in [9.17, 15) is 5.11 Å². The summed E-state index contributed by atoms with van der Waals surface area (Å²) in [6.45, 7) is 0. The third-order valence-electron chi connectivity index (χ3n) is 2.71. The number of hydrogen-bond donors (Lipinski definition) is 2. The zero-order chi connectivity index (χ0) is 20.8. The maximum absolute atomic E-state index is 9.41. The largest absolute Gasteiger partial charge is 0.508 e. The molecule has 21 heavy (non-hydrogen) atoms. The van der Waals surface area contributed by atoms with Crippen LogP contribution in [0.2, 0.25) is 0 Å². The first-order chi connectivity index (χ1) is 13.1. The minimum Gasteiger partial charge on any atom is -0.508 e. The lowest BCUT2D eigenvalue weighted by atomic mass is 10.1. The van der Waals surface area contributed by atoms with Crippen molar-refractivity contribution < 1.29 is 14.7 Å². The number of phenols is 1. The Morgan fingerprint density at radius 3 is 2.57 bits per heavy atom. The lowest BCUT2D eigenvalue weighted by Gasteiger charge is -2.07. The Kier molecular flexibility index (Phi) is 1.93. The number of aromatic nitrogens is 2. The van der Waals surface area contributed by atoms with Crippen molar-refractivity contribution >= 4 is 5.82 Å². The SMILES string of the molecule is [2H]c1c([2H])c([2H])c(C([2H])([2H])c2nc(-c3ccc(O)cc3)cnc2N)c([2H])c1[2H]. The van der Waals surface area contributed by atoms with Crippen LogP contribution < -0.4 is 5.73 Å². The summed E-state index contributed by atoms with van der Waals surface area (Å²) in [6.07, 6.45) is -1.28. The van der Waals surface area contributed by atoms with Crippen molar-refractivity contribution in [3.8, 4) is 17.0 Å². The fourth-order valence-corrected chi connectivity index (χ4v) is 1.69. The minimum atomic E-state index is -2.60. The standard InChI is InChI=1S/C17H15N3O/c18-17-15(10-12-4-2-1-3-5-12)20-16(11-19-17)13-6-8-14(21)9-7-13/h1-9,11,21H,10H2,(H2,18,19)/i1D,2D,3D,4D,5D,10D2. The lowest BCUT2D eigenvalue weighted by Crippen LogP contribution is -2.03. The third-order valence-corrected chi connectivity index (χ3v) is 2.71. The van der Waals surface area contributed by atoms with E-state index in [2.05, 4.69) is 9.97 Å². The van der Waals surface area contributed by atoms with Crippen LogP contribution in [0.3, 0.4) is 0 Å². The molecule has 1 heterocycles. The number of nitrogen functional groups attached to an aromatic ring is 1. The molecule has 0 bridgehead atoms. The molecule has 4 nitrogen and oxygen atoms in total. The number of benzene rings is 2. The molecule has 3 aromatic rings. The van der Waals surface area contributed by atoms with Gasteiger partial charge >= 0.3 is 0 Å². The summed E-state index contributed by atoms with van der Waals surface area (Å²) >= 11 is 0.